The van der Waals surface area contributed by atoms with Gasteiger partial charge in [0.25, 0.3) is 0 Å². The summed E-state index contributed by atoms with van der Waals surface area (Å²) in [5.41, 5.74) is 2.90. The number of aryl methyl sites for hydroxylation is 1. The molecular formula is C11H9BrClNO. The molecule has 0 aliphatic rings. The van der Waals surface area contributed by atoms with E-state index in [9.17, 15) is 0 Å². The molecule has 0 fully saturated rings. The fourth-order valence-electron chi connectivity index (χ4n) is 1.33. The highest BCUT2D eigenvalue weighted by Crippen LogP contribution is 2.28. The van der Waals surface area contributed by atoms with Crippen LogP contribution in [0.25, 0.3) is 11.3 Å². The molecule has 0 N–H and O–H groups in total. The van der Waals surface area contributed by atoms with Crippen LogP contribution < -0.4 is 0 Å². The smallest absolute Gasteiger partial charge is 0.181 e. The highest BCUT2D eigenvalue weighted by Gasteiger charge is 2.10. The molecule has 0 saturated carbocycles. The minimum atomic E-state index is 0.671. The third-order valence-corrected chi connectivity index (χ3v) is 3.14. The van der Waals surface area contributed by atoms with Crippen molar-refractivity contribution in [3.05, 3.63) is 40.9 Å². The number of nitrogens with zero attached hydrogens (tertiary/aromatic N) is 1. The molecule has 0 amide bonds. The molecule has 0 saturated heterocycles. The van der Waals surface area contributed by atoms with E-state index in [2.05, 4.69) is 20.9 Å². The topological polar surface area (TPSA) is 26.0 Å². The third kappa shape index (κ3) is 2.08. The first-order chi connectivity index (χ1) is 7.22. The molecule has 78 valence electrons. The number of benzene rings is 1. The first-order valence-electron chi connectivity index (χ1n) is 4.47. The summed E-state index contributed by atoms with van der Waals surface area (Å²) in [6, 6.07) is 5.84. The normalized spacial score (nSPS) is 10.6. The predicted octanol–water partition coefficient (Wildman–Crippen LogP) is 4.20. The minimum Gasteiger partial charge on any atom is -0.443 e. The van der Waals surface area contributed by atoms with Crippen LogP contribution in [0.1, 0.15) is 11.3 Å². The number of oxazole rings is 1. The Morgan fingerprint density at radius 3 is 2.93 bits per heavy atom. The molecule has 2 nitrogen and oxygen atoms in total. The van der Waals surface area contributed by atoms with E-state index < -0.39 is 0 Å². The molecule has 4 heteroatoms. The van der Waals surface area contributed by atoms with Crippen molar-refractivity contribution in [1.82, 2.24) is 4.98 Å². The largest absolute Gasteiger partial charge is 0.443 e. The quantitative estimate of drug-likeness (QED) is 0.773. The molecule has 0 atom stereocenters. The van der Waals surface area contributed by atoms with Crippen LogP contribution in [0.4, 0.5) is 0 Å². The van der Waals surface area contributed by atoms with Gasteiger partial charge in [-0.1, -0.05) is 39.7 Å². The van der Waals surface area contributed by atoms with Gasteiger partial charge >= 0.3 is 0 Å². The lowest BCUT2D eigenvalue weighted by molar-refractivity contribution is 0.571. The van der Waals surface area contributed by atoms with E-state index in [4.69, 9.17) is 16.0 Å². The van der Waals surface area contributed by atoms with E-state index in [1.807, 2.05) is 25.1 Å². The van der Waals surface area contributed by atoms with Crippen LogP contribution in [0.5, 0.6) is 0 Å². The van der Waals surface area contributed by atoms with Crippen molar-refractivity contribution >= 4 is 27.5 Å². The van der Waals surface area contributed by atoms with Crippen LogP contribution in [0.2, 0.25) is 5.02 Å². The van der Waals surface area contributed by atoms with E-state index >= 15 is 0 Å². The van der Waals surface area contributed by atoms with E-state index in [1.165, 1.54) is 6.39 Å². The summed E-state index contributed by atoms with van der Waals surface area (Å²) >= 11 is 9.41. The van der Waals surface area contributed by atoms with Crippen molar-refractivity contribution in [1.29, 1.82) is 0 Å². The zero-order valence-corrected chi connectivity index (χ0v) is 10.5. The van der Waals surface area contributed by atoms with Gasteiger partial charge in [0.15, 0.2) is 12.2 Å². The number of halogens is 2. The molecule has 1 aromatic heterocycles. The van der Waals surface area contributed by atoms with Crippen molar-refractivity contribution in [3.8, 4) is 11.3 Å². The van der Waals surface area contributed by atoms with Crippen molar-refractivity contribution in [2.75, 3.05) is 0 Å². The van der Waals surface area contributed by atoms with Gasteiger partial charge in [0.2, 0.25) is 0 Å². The number of rotatable bonds is 2. The highest BCUT2D eigenvalue weighted by molar-refractivity contribution is 9.08. The lowest BCUT2D eigenvalue weighted by atomic mass is 10.1. The van der Waals surface area contributed by atoms with Crippen LogP contribution in [-0.4, -0.2) is 4.98 Å². The number of alkyl halides is 1. The van der Waals surface area contributed by atoms with E-state index in [-0.39, 0.29) is 0 Å². The van der Waals surface area contributed by atoms with Crippen LogP contribution in [-0.2, 0) is 5.33 Å². The molecule has 1 heterocycles. The predicted molar refractivity (Wildman–Crippen MR) is 64.3 cm³/mol. The first kappa shape index (κ1) is 10.7. The molecule has 1 aromatic carbocycles. The Hall–Kier alpha value is -0.800. The molecule has 0 radical (unpaired) electrons. The summed E-state index contributed by atoms with van der Waals surface area (Å²) < 4.78 is 5.34. The fraction of sp³-hybridized carbons (Fsp3) is 0.182. The second kappa shape index (κ2) is 4.37. The van der Waals surface area contributed by atoms with Crippen LogP contribution in [0, 0.1) is 6.92 Å². The van der Waals surface area contributed by atoms with Crippen LogP contribution in [0.3, 0.4) is 0 Å². The number of hydrogen-bond acceptors (Lipinski definition) is 2. The minimum absolute atomic E-state index is 0.671. The maximum atomic E-state index is 6.05. The standard InChI is InChI=1S/C11H9BrClNO/c1-7-2-3-8(4-9(7)13)11-10(5-12)14-6-15-11/h2-4,6H,5H2,1H3. The molecular weight excluding hydrogens is 277 g/mol. The van der Waals surface area contributed by atoms with Crippen molar-refractivity contribution in [3.63, 3.8) is 0 Å². The summed E-state index contributed by atoms with van der Waals surface area (Å²) in [4.78, 5) is 4.11. The Bertz CT molecular complexity index is 481. The Morgan fingerprint density at radius 1 is 1.47 bits per heavy atom. The van der Waals surface area contributed by atoms with Gasteiger partial charge in [0.05, 0.1) is 5.69 Å². The summed E-state index contributed by atoms with van der Waals surface area (Å²) in [6.45, 7) is 1.97. The molecule has 0 bridgehead atoms. The van der Waals surface area contributed by atoms with E-state index in [0.29, 0.717) is 5.33 Å². The SMILES string of the molecule is Cc1ccc(-c2ocnc2CBr)cc1Cl. The maximum absolute atomic E-state index is 6.05. The highest BCUT2D eigenvalue weighted by atomic mass is 79.9. The zero-order valence-electron chi connectivity index (χ0n) is 8.13. The zero-order chi connectivity index (χ0) is 10.8. The van der Waals surface area contributed by atoms with Crippen molar-refractivity contribution in [2.24, 2.45) is 0 Å². The number of aromatic nitrogens is 1. The molecule has 2 aromatic rings. The van der Waals surface area contributed by atoms with Crippen molar-refractivity contribution in [2.45, 2.75) is 12.3 Å². The Kier molecular flexibility index (Phi) is 3.12. The van der Waals surface area contributed by atoms with Gasteiger partial charge in [-0.2, -0.15) is 0 Å². The van der Waals surface area contributed by atoms with Crippen molar-refractivity contribution < 1.29 is 4.42 Å². The monoisotopic (exact) mass is 285 g/mol. The summed E-state index contributed by atoms with van der Waals surface area (Å²) in [5, 5.41) is 1.41. The van der Waals surface area contributed by atoms with Gasteiger partial charge in [0.1, 0.15) is 0 Å². The Balaban J connectivity index is 2.50. The molecule has 2 rings (SSSR count). The summed E-state index contributed by atoms with van der Waals surface area (Å²) in [7, 11) is 0. The molecule has 0 aliphatic carbocycles. The molecule has 0 spiro atoms. The second-order valence-corrected chi connectivity index (χ2v) is 4.19. The first-order valence-corrected chi connectivity index (χ1v) is 5.97. The second-order valence-electron chi connectivity index (χ2n) is 3.23. The van der Waals surface area contributed by atoms with Crippen LogP contribution in [0.15, 0.2) is 29.0 Å². The average molecular weight is 287 g/mol. The number of hydrogen-bond donors (Lipinski definition) is 0. The third-order valence-electron chi connectivity index (χ3n) is 2.20. The molecule has 0 unspecified atom stereocenters. The molecule has 15 heavy (non-hydrogen) atoms. The van der Waals surface area contributed by atoms with Gasteiger partial charge in [-0.05, 0) is 18.6 Å². The van der Waals surface area contributed by atoms with Crippen LogP contribution >= 0.6 is 27.5 Å². The maximum Gasteiger partial charge on any atom is 0.181 e. The average Bonchev–Trinajstić information content (AvgIpc) is 2.70. The van der Waals surface area contributed by atoms with Gasteiger partial charge in [-0.25, -0.2) is 4.98 Å². The fourth-order valence-corrected chi connectivity index (χ4v) is 1.91. The lowest BCUT2D eigenvalue weighted by Crippen LogP contribution is -1.84. The molecule has 0 aliphatic heterocycles. The van der Waals surface area contributed by atoms with E-state index in [0.717, 1.165) is 27.6 Å². The Labute approximate surface area is 101 Å². The van der Waals surface area contributed by atoms with Gasteiger partial charge in [-0.3, -0.25) is 0 Å². The van der Waals surface area contributed by atoms with Gasteiger partial charge in [-0.15, -0.1) is 0 Å². The Morgan fingerprint density at radius 2 is 2.27 bits per heavy atom. The summed E-state index contributed by atoms with van der Waals surface area (Å²) in [5.74, 6) is 0.772. The lowest BCUT2D eigenvalue weighted by Gasteiger charge is -2.01. The van der Waals surface area contributed by atoms with Gasteiger partial charge in [0, 0.05) is 15.9 Å². The van der Waals surface area contributed by atoms with Gasteiger partial charge < -0.3 is 4.42 Å². The van der Waals surface area contributed by atoms with E-state index in [1.54, 1.807) is 0 Å². The summed E-state index contributed by atoms with van der Waals surface area (Å²) in [6.07, 6.45) is 1.44.